The van der Waals surface area contributed by atoms with Crippen molar-refractivity contribution in [1.29, 1.82) is 0 Å². The first-order valence-corrected chi connectivity index (χ1v) is 10.5. The topological polar surface area (TPSA) is 52.4 Å². The molecule has 152 valence electrons. The SMILES string of the molecule is C#CC[C@@H]1N=C(OCC)[C@@H](C(C)(C)SCc2ccc(OC)cc2)N=C1OCC. The Morgan fingerprint density at radius 1 is 1.07 bits per heavy atom. The van der Waals surface area contributed by atoms with Gasteiger partial charge in [0.25, 0.3) is 0 Å². The molecule has 0 N–H and O–H groups in total. The average Bonchev–Trinajstić information content (AvgIpc) is 2.69. The summed E-state index contributed by atoms with van der Waals surface area (Å²) in [6.07, 6.45) is 5.95. The number of hydrogen-bond acceptors (Lipinski definition) is 6. The molecular weight excluding hydrogens is 372 g/mol. The molecule has 2 rings (SSSR count). The molecule has 1 aliphatic heterocycles. The van der Waals surface area contributed by atoms with Gasteiger partial charge in [-0.05, 0) is 45.4 Å². The van der Waals surface area contributed by atoms with Crippen molar-refractivity contribution in [2.45, 2.75) is 56.7 Å². The quantitative estimate of drug-likeness (QED) is 0.607. The molecule has 0 saturated heterocycles. The van der Waals surface area contributed by atoms with Gasteiger partial charge in [-0.1, -0.05) is 12.1 Å². The highest BCUT2D eigenvalue weighted by Gasteiger charge is 2.40. The second-order valence-electron chi connectivity index (χ2n) is 6.87. The lowest BCUT2D eigenvalue weighted by molar-refractivity contribution is 0.279. The van der Waals surface area contributed by atoms with E-state index >= 15 is 0 Å². The lowest BCUT2D eigenvalue weighted by Gasteiger charge is -2.35. The van der Waals surface area contributed by atoms with Crippen LogP contribution in [0, 0.1) is 12.3 Å². The van der Waals surface area contributed by atoms with Crippen LogP contribution in [0.3, 0.4) is 0 Å². The summed E-state index contributed by atoms with van der Waals surface area (Å²) in [6.45, 7) is 9.29. The van der Waals surface area contributed by atoms with Gasteiger partial charge in [-0.3, -0.25) is 0 Å². The molecule has 0 unspecified atom stereocenters. The van der Waals surface area contributed by atoms with E-state index in [1.165, 1.54) is 5.56 Å². The largest absolute Gasteiger partial charge is 0.497 e. The Labute approximate surface area is 173 Å². The molecule has 0 fully saturated rings. The summed E-state index contributed by atoms with van der Waals surface area (Å²) in [6, 6.07) is 7.62. The van der Waals surface area contributed by atoms with Gasteiger partial charge in [-0.15, -0.1) is 24.1 Å². The summed E-state index contributed by atoms with van der Waals surface area (Å²) >= 11 is 1.81. The van der Waals surface area contributed by atoms with Gasteiger partial charge in [0, 0.05) is 16.9 Å². The van der Waals surface area contributed by atoms with Gasteiger partial charge in [-0.25, -0.2) is 9.98 Å². The van der Waals surface area contributed by atoms with Crippen molar-refractivity contribution in [2.24, 2.45) is 9.98 Å². The zero-order chi connectivity index (χ0) is 20.6. The number of methoxy groups -OCH3 is 1. The Balaban J connectivity index is 2.20. The molecule has 1 aliphatic rings. The monoisotopic (exact) mass is 402 g/mol. The van der Waals surface area contributed by atoms with E-state index in [1.807, 2.05) is 37.7 Å². The maximum absolute atomic E-state index is 5.86. The van der Waals surface area contributed by atoms with Gasteiger partial charge in [0.1, 0.15) is 17.8 Å². The van der Waals surface area contributed by atoms with Crippen LogP contribution in [0.15, 0.2) is 34.3 Å². The molecule has 1 heterocycles. The second kappa shape index (κ2) is 10.4. The Kier molecular flexibility index (Phi) is 8.25. The Morgan fingerprint density at radius 2 is 1.71 bits per heavy atom. The van der Waals surface area contributed by atoms with Crippen LogP contribution in [0.25, 0.3) is 0 Å². The molecule has 0 aliphatic carbocycles. The van der Waals surface area contributed by atoms with Gasteiger partial charge in [0.2, 0.25) is 11.8 Å². The lowest BCUT2D eigenvalue weighted by atomic mass is 10.0. The van der Waals surface area contributed by atoms with Crippen LogP contribution in [-0.4, -0.2) is 48.9 Å². The zero-order valence-corrected chi connectivity index (χ0v) is 18.2. The van der Waals surface area contributed by atoms with Crippen LogP contribution in [0.1, 0.15) is 39.7 Å². The van der Waals surface area contributed by atoms with Gasteiger partial charge < -0.3 is 14.2 Å². The van der Waals surface area contributed by atoms with Crippen LogP contribution in [0.5, 0.6) is 5.75 Å². The molecule has 0 amide bonds. The fraction of sp³-hybridized carbons (Fsp3) is 0.545. The Bertz CT molecular complexity index is 735. The third-order valence-corrected chi connectivity index (χ3v) is 5.83. The summed E-state index contributed by atoms with van der Waals surface area (Å²) < 4.78 is 16.6. The van der Waals surface area contributed by atoms with Crippen LogP contribution < -0.4 is 4.74 Å². The molecule has 1 aromatic rings. The molecule has 0 spiro atoms. The fourth-order valence-electron chi connectivity index (χ4n) is 2.86. The van der Waals surface area contributed by atoms with Gasteiger partial charge in [-0.2, -0.15) is 0 Å². The number of thioether (sulfide) groups is 1. The summed E-state index contributed by atoms with van der Waals surface area (Å²) in [5.74, 6) is 5.61. The number of ether oxygens (including phenoxy) is 3. The van der Waals surface area contributed by atoms with Crippen molar-refractivity contribution in [3.63, 3.8) is 0 Å². The lowest BCUT2D eigenvalue weighted by Crippen LogP contribution is -2.45. The highest BCUT2D eigenvalue weighted by Crippen LogP contribution is 2.36. The minimum Gasteiger partial charge on any atom is -0.497 e. The smallest absolute Gasteiger partial charge is 0.211 e. The third-order valence-electron chi connectivity index (χ3n) is 4.38. The fourth-order valence-corrected chi connectivity index (χ4v) is 3.90. The number of hydrogen-bond donors (Lipinski definition) is 0. The highest BCUT2D eigenvalue weighted by atomic mass is 32.2. The number of benzene rings is 1. The number of aliphatic imine (C=N–C) groups is 2. The summed E-state index contributed by atoms with van der Waals surface area (Å²) in [4.78, 5) is 9.64. The van der Waals surface area contributed by atoms with E-state index in [2.05, 4.69) is 31.9 Å². The normalized spacial score (nSPS) is 19.3. The molecule has 28 heavy (non-hydrogen) atoms. The molecule has 6 heteroatoms. The van der Waals surface area contributed by atoms with E-state index in [4.69, 9.17) is 30.6 Å². The summed E-state index contributed by atoms with van der Waals surface area (Å²) in [7, 11) is 1.67. The number of rotatable bonds is 8. The number of terminal acetylenes is 1. The van der Waals surface area contributed by atoms with E-state index in [0.717, 1.165) is 11.5 Å². The first kappa shape index (κ1) is 22.2. The highest BCUT2D eigenvalue weighted by molar-refractivity contribution is 7.99. The van der Waals surface area contributed by atoms with Crippen LogP contribution in [0.2, 0.25) is 0 Å². The zero-order valence-electron chi connectivity index (χ0n) is 17.4. The summed E-state index contributed by atoms with van der Waals surface area (Å²) in [5, 5.41) is 0. The first-order valence-electron chi connectivity index (χ1n) is 9.56. The van der Waals surface area contributed by atoms with Crippen LogP contribution in [0.4, 0.5) is 0 Å². The van der Waals surface area contributed by atoms with E-state index < -0.39 is 0 Å². The summed E-state index contributed by atoms with van der Waals surface area (Å²) in [5.41, 5.74) is 1.23. The molecule has 0 saturated carbocycles. The minimum absolute atomic E-state index is 0.230. The maximum atomic E-state index is 5.86. The van der Waals surface area contributed by atoms with Crippen molar-refractivity contribution in [2.75, 3.05) is 20.3 Å². The van der Waals surface area contributed by atoms with Crippen molar-refractivity contribution >= 4 is 23.6 Å². The van der Waals surface area contributed by atoms with Gasteiger partial charge in [0.15, 0.2) is 0 Å². The average molecular weight is 403 g/mol. The first-order chi connectivity index (χ1) is 13.4. The van der Waals surface area contributed by atoms with Gasteiger partial charge >= 0.3 is 0 Å². The van der Waals surface area contributed by atoms with E-state index in [-0.39, 0.29) is 16.8 Å². The molecule has 5 nitrogen and oxygen atoms in total. The molecule has 0 aromatic heterocycles. The molecule has 1 aromatic carbocycles. The maximum Gasteiger partial charge on any atom is 0.211 e. The van der Waals surface area contributed by atoms with Crippen molar-refractivity contribution in [3.05, 3.63) is 29.8 Å². The third kappa shape index (κ3) is 5.68. The predicted molar refractivity (Wildman–Crippen MR) is 118 cm³/mol. The molecule has 0 bridgehead atoms. The van der Waals surface area contributed by atoms with Crippen LogP contribution >= 0.6 is 11.8 Å². The number of nitrogens with zero attached hydrogens (tertiary/aromatic N) is 2. The van der Waals surface area contributed by atoms with Crippen molar-refractivity contribution in [1.82, 2.24) is 0 Å². The van der Waals surface area contributed by atoms with E-state index in [1.54, 1.807) is 7.11 Å². The Hall–Kier alpha value is -2.13. The molecular formula is C22H30N2O3S. The minimum atomic E-state index is -0.273. The standard InChI is InChI=1S/C22H30N2O3S/c1-7-10-18-20(26-8-2)24-19(21(23-18)27-9-3)22(4,5)28-15-16-11-13-17(25-6)14-12-16/h1,11-14,18-19H,8-10,15H2,2-6H3/t18-,19-/m0/s1. The van der Waals surface area contributed by atoms with Crippen molar-refractivity contribution in [3.8, 4) is 18.1 Å². The van der Waals surface area contributed by atoms with E-state index in [0.29, 0.717) is 31.4 Å². The predicted octanol–water partition coefficient (Wildman–Crippen LogP) is 4.35. The van der Waals surface area contributed by atoms with Gasteiger partial charge in [0.05, 0.1) is 20.3 Å². The second-order valence-corrected chi connectivity index (χ2v) is 8.50. The van der Waals surface area contributed by atoms with E-state index in [9.17, 15) is 0 Å². The van der Waals surface area contributed by atoms with Crippen molar-refractivity contribution < 1.29 is 14.2 Å². The molecule has 0 radical (unpaired) electrons. The Morgan fingerprint density at radius 3 is 2.29 bits per heavy atom. The van der Waals surface area contributed by atoms with Crippen LogP contribution in [-0.2, 0) is 15.2 Å². The molecule has 2 atom stereocenters.